The van der Waals surface area contributed by atoms with Gasteiger partial charge in [-0.05, 0) is 29.7 Å². The van der Waals surface area contributed by atoms with Crippen LogP contribution in [0.4, 0.5) is 0 Å². The topological polar surface area (TPSA) is 38.8 Å². The van der Waals surface area contributed by atoms with E-state index in [0.29, 0.717) is 0 Å². The van der Waals surface area contributed by atoms with Crippen LogP contribution in [0, 0.1) is 0 Å². The second kappa shape index (κ2) is 8.49. The molecule has 3 rings (SSSR count). The van der Waals surface area contributed by atoms with E-state index in [9.17, 15) is 4.79 Å². The second-order valence-corrected chi connectivity index (χ2v) is 7.46. The van der Waals surface area contributed by atoms with E-state index in [4.69, 9.17) is 9.47 Å². The molecule has 2 aromatic rings. The smallest absolute Gasteiger partial charge is 0.231 e. The fourth-order valence-electron chi connectivity index (χ4n) is 3.38. The molecule has 2 atom stereocenters. The highest BCUT2D eigenvalue weighted by atomic mass is 32.2. The highest BCUT2D eigenvalue weighted by Crippen LogP contribution is 2.42. The lowest BCUT2D eigenvalue weighted by Crippen LogP contribution is -2.34. The number of methoxy groups -OCH3 is 2. The number of nitrogens with zero attached hydrogens (tertiary/aromatic N) is 1. The van der Waals surface area contributed by atoms with Gasteiger partial charge in [-0.25, -0.2) is 0 Å². The number of carbonyl (C=O) groups is 1. The molecule has 1 aliphatic heterocycles. The highest BCUT2D eigenvalue weighted by Gasteiger charge is 2.35. The standard InChI is InChI=1S/C21H25NO3S/c1-4-19(15-8-6-5-7-9-15)20(23)22-10-11-26-21(22)16-12-17(24-2)14-18(13-16)25-3/h5-9,12-14,19,21H,4,10-11H2,1-3H3/t19-,21+/m0/s1. The Morgan fingerprint density at radius 2 is 1.81 bits per heavy atom. The van der Waals surface area contributed by atoms with Crippen molar-refractivity contribution >= 4 is 17.7 Å². The van der Waals surface area contributed by atoms with Gasteiger partial charge in [0.1, 0.15) is 16.9 Å². The second-order valence-electron chi connectivity index (χ2n) is 6.27. The minimum atomic E-state index is -0.107. The molecule has 0 saturated carbocycles. The minimum absolute atomic E-state index is 0.00994. The predicted molar refractivity (Wildman–Crippen MR) is 106 cm³/mol. The Hall–Kier alpha value is -2.14. The summed E-state index contributed by atoms with van der Waals surface area (Å²) in [6.45, 7) is 2.83. The lowest BCUT2D eigenvalue weighted by molar-refractivity contribution is -0.133. The predicted octanol–water partition coefficient (Wildman–Crippen LogP) is 4.47. The Labute approximate surface area is 159 Å². The largest absolute Gasteiger partial charge is 0.497 e. The fraction of sp³-hybridized carbons (Fsp3) is 0.381. The van der Waals surface area contributed by atoms with Gasteiger partial charge in [-0.1, -0.05) is 37.3 Å². The molecule has 2 aromatic carbocycles. The Kier molecular flexibility index (Phi) is 6.09. The van der Waals surface area contributed by atoms with E-state index in [-0.39, 0.29) is 17.2 Å². The van der Waals surface area contributed by atoms with Gasteiger partial charge in [0.2, 0.25) is 5.91 Å². The Morgan fingerprint density at radius 1 is 1.15 bits per heavy atom. The van der Waals surface area contributed by atoms with Crippen molar-refractivity contribution in [2.24, 2.45) is 0 Å². The van der Waals surface area contributed by atoms with E-state index in [1.54, 1.807) is 26.0 Å². The molecule has 0 unspecified atom stereocenters. The molecule has 0 radical (unpaired) electrons. The molecule has 0 aliphatic carbocycles. The van der Waals surface area contributed by atoms with Gasteiger partial charge in [0, 0.05) is 18.4 Å². The summed E-state index contributed by atoms with van der Waals surface area (Å²) >= 11 is 1.79. The van der Waals surface area contributed by atoms with E-state index in [0.717, 1.165) is 41.3 Å². The number of benzene rings is 2. The van der Waals surface area contributed by atoms with Gasteiger partial charge in [0.05, 0.1) is 20.1 Å². The van der Waals surface area contributed by atoms with Crippen molar-refractivity contribution in [1.82, 2.24) is 4.90 Å². The summed E-state index contributed by atoms with van der Waals surface area (Å²) in [5.41, 5.74) is 2.12. The summed E-state index contributed by atoms with van der Waals surface area (Å²) in [6, 6.07) is 15.9. The molecule has 26 heavy (non-hydrogen) atoms. The first-order valence-electron chi connectivity index (χ1n) is 8.88. The van der Waals surface area contributed by atoms with E-state index in [2.05, 4.69) is 6.92 Å². The summed E-state index contributed by atoms with van der Waals surface area (Å²) in [5.74, 6) is 2.50. The van der Waals surface area contributed by atoms with E-state index >= 15 is 0 Å². The molecule has 0 bridgehead atoms. The number of rotatable bonds is 6. The van der Waals surface area contributed by atoms with Crippen LogP contribution in [0.25, 0.3) is 0 Å². The maximum absolute atomic E-state index is 13.3. The van der Waals surface area contributed by atoms with Gasteiger partial charge < -0.3 is 14.4 Å². The molecule has 0 aromatic heterocycles. The Morgan fingerprint density at radius 3 is 2.38 bits per heavy atom. The Balaban J connectivity index is 1.89. The molecular weight excluding hydrogens is 346 g/mol. The molecule has 1 aliphatic rings. The first-order valence-corrected chi connectivity index (χ1v) is 9.92. The molecule has 0 spiro atoms. The summed E-state index contributed by atoms with van der Waals surface area (Å²) in [5, 5.41) is -0.00994. The van der Waals surface area contributed by atoms with Gasteiger partial charge in [-0.15, -0.1) is 11.8 Å². The molecule has 1 heterocycles. The normalized spacial score (nSPS) is 17.8. The van der Waals surface area contributed by atoms with Crippen molar-refractivity contribution in [2.45, 2.75) is 24.6 Å². The lowest BCUT2D eigenvalue weighted by Gasteiger charge is -2.28. The molecule has 5 heteroatoms. The van der Waals surface area contributed by atoms with Crippen LogP contribution in [-0.2, 0) is 4.79 Å². The minimum Gasteiger partial charge on any atom is -0.497 e. The highest BCUT2D eigenvalue weighted by molar-refractivity contribution is 7.99. The molecule has 138 valence electrons. The number of carbonyl (C=O) groups excluding carboxylic acids is 1. The van der Waals surface area contributed by atoms with E-state index in [1.807, 2.05) is 53.4 Å². The molecule has 4 nitrogen and oxygen atoms in total. The van der Waals surface area contributed by atoms with Gasteiger partial charge in [-0.2, -0.15) is 0 Å². The first-order chi connectivity index (χ1) is 12.7. The summed E-state index contributed by atoms with van der Waals surface area (Å²) in [4.78, 5) is 15.3. The van der Waals surface area contributed by atoms with Crippen LogP contribution in [0.15, 0.2) is 48.5 Å². The van der Waals surface area contributed by atoms with E-state index < -0.39 is 0 Å². The quantitative estimate of drug-likeness (QED) is 0.751. The first kappa shape index (κ1) is 18.6. The fourth-order valence-corrected chi connectivity index (χ4v) is 4.63. The van der Waals surface area contributed by atoms with Crippen LogP contribution in [0.1, 0.15) is 35.8 Å². The number of hydrogen-bond acceptors (Lipinski definition) is 4. The van der Waals surface area contributed by atoms with Crippen molar-refractivity contribution in [2.75, 3.05) is 26.5 Å². The Bertz CT molecular complexity index is 728. The third kappa shape index (κ3) is 3.83. The van der Waals surface area contributed by atoms with Crippen LogP contribution in [0.5, 0.6) is 11.5 Å². The van der Waals surface area contributed by atoms with Crippen LogP contribution in [-0.4, -0.2) is 37.3 Å². The molecular formula is C21H25NO3S. The third-order valence-electron chi connectivity index (χ3n) is 4.74. The number of thioether (sulfide) groups is 1. The van der Waals surface area contributed by atoms with Crippen molar-refractivity contribution in [3.63, 3.8) is 0 Å². The van der Waals surface area contributed by atoms with E-state index in [1.165, 1.54) is 0 Å². The maximum atomic E-state index is 13.3. The maximum Gasteiger partial charge on any atom is 0.231 e. The third-order valence-corrected chi connectivity index (χ3v) is 6.00. The van der Waals surface area contributed by atoms with Gasteiger partial charge >= 0.3 is 0 Å². The van der Waals surface area contributed by atoms with Gasteiger partial charge in [0.15, 0.2) is 0 Å². The van der Waals surface area contributed by atoms with Crippen molar-refractivity contribution < 1.29 is 14.3 Å². The molecule has 0 N–H and O–H groups in total. The van der Waals surface area contributed by atoms with Crippen LogP contribution in [0.3, 0.4) is 0 Å². The van der Waals surface area contributed by atoms with Gasteiger partial charge in [-0.3, -0.25) is 4.79 Å². The van der Waals surface area contributed by atoms with Crippen LogP contribution >= 0.6 is 11.8 Å². The summed E-state index contributed by atoms with van der Waals surface area (Å²) < 4.78 is 10.8. The van der Waals surface area contributed by atoms with Crippen molar-refractivity contribution in [1.29, 1.82) is 0 Å². The van der Waals surface area contributed by atoms with Crippen molar-refractivity contribution in [3.8, 4) is 11.5 Å². The number of ether oxygens (including phenoxy) is 2. The molecule has 1 fully saturated rings. The zero-order valence-corrected chi connectivity index (χ0v) is 16.3. The monoisotopic (exact) mass is 371 g/mol. The number of amides is 1. The van der Waals surface area contributed by atoms with Gasteiger partial charge in [0.25, 0.3) is 0 Å². The average Bonchev–Trinajstić information content (AvgIpc) is 3.18. The summed E-state index contributed by atoms with van der Waals surface area (Å²) in [6.07, 6.45) is 0.790. The van der Waals surface area contributed by atoms with Crippen LogP contribution in [0.2, 0.25) is 0 Å². The zero-order chi connectivity index (χ0) is 18.5. The summed E-state index contributed by atoms with van der Waals surface area (Å²) in [7, 11) is 3.29. The lowest BCUT2D eigenvalue weighted by atomic mass is 9.95. The zero-order valence-electron chi connectivity index (χ0n) is 15.5. The number of hydrogen-bond donors (Lipinski definition) is 0. The molecule has 1 saturated heterocycles. The SMILES string of the molecule is CC[C@H](C(=O)N1CCS[C@@H]1c1cc(OC)cc(OC)c1)c1ccccc1. The van der Waals surface area contributed by atoms with Crippen LogP contribution < -0.4 is 9.47 Å². The van der Waals surface area contributed by atoms with Crippen molar-refractivity contribution in [3.05, 3.63) is 59.7 Å². The average molecular weight is 372 g/mol. The molecule has 1 amide bonds.